The molecule has 5 nitrogen and oxygen atoms in total. The van der Waals surface area contributed by atoms with Crippen LogP contribution in [-0.4, -0.2) is 47.0 Å². The van der Waals surface area contributed by atoms with Crippen LogP contribution in [0.25, 0.3) is 0 Å². The number of fused-ring (bicyclic) bond motifs is 1. The van der Waals surface area contributed by atoms with Crippen LogP contribution in [0, 0.1) is 0 Å². The predicted molar refractivity (Wildman–Crippen MR) is 99.1 cm³/mol. The van der Waals surface area contributed by atoms with Gasteiger partial charge in [-0.25, -0.2) is 4.79 Å². The number of hydrogen-bond acceptors (Lipinski definition) is 3. The molecule has 1 aliphatic rings. The second-order valence-electron chi connectivity index (χ2n) is 6.74. The fraction of sp³-hybridized carbons (Fsp3) is 0.400. The molecule has 1 N–H and O–H groups in total. The van der Waals surface area contributed by atoms with Gasteiger partial charge in [0.15, 0.2) is 0 Å². The number of amides is 2. The number of urea groups is 1. The van der Waals surface area contributed by atoms with Crippen molar-refractivity contribution >= 4 is 6.03 Å². The first-order valence-corrected chi connectivity index (χ1v) is 8.82. The molecule has 1 unspecified atom stereocenters. The number of benzene rings is 1. The second-order valence-corrected chi connectivity index (χ2v) is 6.74. The summed E-state index contributed by atoms with van der Waals surface area (Å²) < 4.78 is 0. The van der Waals surface area contributed by atoms with Crippen molar-refractivity contribution in [1.29, 1.82) is 0 Å². The monoisotopic (exact) mass is 338 g/mol. The summed E-state index contributed by atoms with van der Waals surface area (Å²) in [6.07, 6.45) is 4.57. The lowest BCUT2D eigenvalue weighted by Crippen LogP contribution is -2.46. The van der Waals surface area contributed by atoms with Gasteiger partial charge in [-0.15, -0.1) is 0 Å². The zero-order valence-corrected chi connectivity index (χ0v) is 15.0. The minimum absolute atomic E-state index is 0.0407. The Bertz CT molecular complexity index is 704. The van der Waals surface area contributed by atoms with E-state index in [4.69, 9.17) is 0 Å². The molecule has 2 heterocycles. The van der Waals surface area contributed by atoms with Crippen molar-refractivity contribution < 1.29 is 4.79 Å². The Morgan fingerprint density at radius 2 is 1.96 bits per heavy atom. The Labute approximate surface area is 149 Å². The summed E-state index contributed by atoms with van der Waals surface area (Å²) in [5.74, 6) is 0. The molecule has 0 bridgehead atoms. The van der Waals surface area contributed by atoms with Crippen molar-refractivity contribution in [2.24, 2.45) is 0 Å². The minimum atomic E-state index is -0.0407. The zero-order valence-electron chi connectivity index (χ0n) is 15.0. The van der Waals surface area contributed by atoms with Crippen molar-refractivity contribution in [3.63, 3.8) is 0 Å². The van der Waals surface area contributed by atoms with Gasteiger partial charge in [0.1, 0.15) is 0 Å². The molecular formula is C20H26N4O. The molecule has 1 aromatic carbocycles. The molecule has 5 heteroatoms. The van der Waals surface area contributed by atoms with Crippen LogP contribution in [0.1, 0.15) is 23.6 Å². The number of aromatic nitrogens is 1. The molecule has 1 aliphatic heterocycles. The van der Waals surface area contributed by atoms with Crippen LogP contribution >= 0.6 is 0 Å². The van der Waals surface area contributed by atoms with Gasteiger partial charge in [-0.2, -0.15) is 0 Å². The molecule has 0 radical (unpaired) electrons. The Morgan fingerprint density at radius 1 is 1.24 bits per heavy atom. The molecule has 0 spiro atoms. The van der Waals surface area contributed by atoms with E-state index in [1.807, 2.05) is 19.2 Å². The number of pyridine rings is 1. The van der Waals surface area contributed by atoms with Crippen LogP contribution in [0.3, 0.4) is 0 Å². The maximum atomic E-state index is 12.3. The third-order valence-electron chi connectivity index (χ3n) is 4.85. The highest BCUT2D eigenvalue weighted by molar-refractivity contribution is 5.73. The molecule has 3 rings (SSSR count). The first kappa shape index (κ1) is 17.4. The van der Waals surface area contributed by atoms with Gasteiger partial charge in [-0.1, -0.05) is 24.3 Å². The first-order chi connectivity index (χ1) is 12.1. The van der Waals surface area contributed by atoms with E-state index in [0.717, 1.165) is 25.1 Å². The summed E-state index contributed by atoms with van der Waals surface area (Å²) in [7, 11) is 1.82. The van der Waals surface area contributed by atoms with Crippen LogP contribution in [0.4, 0.5) is 4.79 Å². The number of hydrogen-bond donors (Lipinski definition) is 1. The SMILES string of the molecule is CC(CNC(=O)N(C)Cc1ccncc1)N1CCc2ccccc2C1. The smallest absolute Gasteiger partial charge is 0.317 e. The molecule has 0 aliphatic carbocycles. The summed E-state index contributed by atoms with van der Waals surface area (Å²) in [6, 6.07) is 12.8. The number of nitrogens with one attached hydrogen (secondary N) is 1. The van der Waals surface area contributed by atoms with Crippen molar-refractivity contribution in [3.05, 3.63) is 65.5 Å². The Balaban J connectivity index is 1.47. The van der Waals surface area contributed by atoms with Crippen LogP contribution in [0.15, 0.2) is 48.8 Å². The Morgan fingerprint density at radius 3 is 2.72 bits per heavy atom. The van der Waals surface area contributed by atoms with Gasteiger partial charge in [0.25, 0.3) is 0 Å². The molecule has 0 saturated heterocycles. The summed E-state index contributed by atoms with van der Waals surface area (Å²) in [5, 5.41) is 3.05. The summed E-state index contributed by atoms with van der Waals surface area (Å²) in [5.41, 5.74) is 3.93. The van der Waals surface area contributed by atoms with E-state index < -0.39 is 0 Å². The molecule has 1 aromatic heterocycles. The van der Waals surface area contributed by atoms with Gasteiger partial charge in [0.2, 0.25) is 0 Å². The van der Waals surface area contributed by atoms with Gasteiger partial charge >= 0.3 is 6.03 Å². The number of nitrogens with zero attached hydrogens (tertiary/aromatic N) is 3. The average Bonchev–Trinajstić information content (AvgIpc) is 2.66. The molecule has 2 amide bonds. The normalized spacial score (nSPS) is 15.3. The molecule has 25 heavy (non-hydrogen) atoms. The summed E-state index contributed by atoms with van der Waals surface area (Å²) in [6.45, 7) is 5.42. The average molecular weight is 338 g/mol. The molecular weight excluding hydrogens is 312 g/mol. The van der Waals surface area contributed by atoms with Crippen molar-refractivity contribution in [1.82, 2.24) is 20.1 Å². The maximum Gasteiger partial charge on any atom is 0.317 e. The lowest BCUT2D eigenvalue weighted by atomic mass is 9.99. The third-order valence-corrected chi connectivity index (χ3v) is 4.85. The van der Waals surface area contributed by atoms with E-state index in [1.165, 1.54) is 11.1 Å². The van der Waals surface area contributed by atoms with E-state index >= 15 is 0 Å². The number of carbonyl (C=O) groups excluding carboxylic acids is 1. The highest BCUT2D eigenvalue weighted by atomic mass is 16.2. The fourth-order valence-corrected chi connectivity index (χ4v) is 3.23. The Hall–Kier alpha value is -2.40. The minimum Gasteiger partial charge on any atom is -0.336 e. The topological polar surface area (TPSA) is 48.5 Å². The molecule has 2 aromatic rings. The van der Waals surface area contributed by atoms with E-state index in [0.29, 0.717) is 19.1 Å². The molecule has 0 saturated carbocycles. The number of rotatable bonds is 5. The van der Waals surface area contributed by atoms with Crippen LogP contribution < -0.4 is 5.32 Å². The molecule has 1 atom stereocenters. The lowest BCUT2D eigenvalue weighted by Gasteiger charge is -2.34. The predicted octanol–water partition coefficient (Wildman–Crippen LogP) is 2.67. The lowest BCUT2D eigenvalue weighted by molar-refractivity contribution is 0.176. The molecule has 132 valence electrons. The summed E-state index contributed by atoms with van der Waals surface area (Å²) in [4.78, 5) is 20.5. The Kier molecular flexibility index (Phi) is 5.66. The van der Waals surface area contributed by atoms with Gasteiger partial charge in [-0.05, 0) is 42.2 Å². The van der Waals surface area contributed by atoms with E-state index in [1.54, 1.807) is 17.3 Å². The van der Waals surface area contributed by atoms with Crippen LogP contribution in [-0.2, 0) is 19.5 Å². The van der Waals surface area contributed by atoms with Crippen molar-refractivity contribution in [3.8, 4) is 0 Å². The second kappa shape index (κ2) is 8.12. The first-order valence-electron chi connectivity index (χ1n) is 8.82. The zero-order chi connectivity index (χ0) is 17.6. The van der Waals surface area contributed by atoms with Crippen molar-refractivity contribution in [2.45, 2.75) is 32.5 Å². The van der Waals surface area contributed by atoms with Crippen LogP contribution in [0.2, 0.25) is 0 Å². The van der Waals surface area contributed by atoms with E-state index in [9.17, 15) is 4.79 Å². The molecule has 0 fully saturated rings. The third kappa shape index (κ3) is 4.57. The maximum absolute atomic E-state index is 12.3. The quantitative estimate of drug-likeness (QED) is 0.912. The highest BCUT2D eigenvalue weighted by Crippen LogP contribution is 2.19. The van der Waals surface area contributed by atoms with E-state index in [2.05, 4.69) is 46.4 Å². The van der Waals surface area contributed by atoms with Crippen LogP contribution in [0.5, 0.6) is 0 Å². The number of carbonyl (C=O) groups is 1. The van der Waals surface area contributed by atoms with Gasteiger partial charge in [0, 0.05) is 51.7 Å². The standard InChI is InChI=1S/C20H26N4O/c1-16(24-12-9-18-5-3-4-6-19(18)15-24)13-22-20(25)23(2)14-17-7-10-21-11-8-17/h3-8,10-11,16H,9,12-15H2,1-2H3,(H,22,25). The fourth-order valence-electron chi connectivity index (χ4n) is 3.23. The van der Waals surface area contributed by atoms with Crippen molar-refractivity contribution in [2.75, 3.05) is 20.1 Å². The largest absolute Gasteiger partial charge is 0.336 e. The van der Waals surface area contributed by atoms with Gasteiger partial charge < -0.3 is 10.2 Å². The van der Waals surface area contributed by atoms with E-state index in [-0.39, 0.29) is 6.03 Å². The summed E-state index contributed by atoms with van der Waals surface area (Å²) >= 11 is 0. The highest BCUT2D eigenvalue weighted by Gasteiger charge is 2.21. The van der Waals surface area contributed by atoms with Gasteiger partial charge in [-0.3, -0.25) is 9.88 Å². The van der Waals surface area contributed by atoms with Gasteiger partial charge in [0.05, 0.1) is 0 Å².